The molecule has 13 heteroatoms. The van der Waals surface area contributed by atoms with Crippen LogP contribution in [0.3, 0.4) is 0 Å². The van der Waals surface area contributed by atoms with Gasteiger partial charge in [0.25, 0.3) is 5.91 Å². The minimum atomic E-state index is -0.988. The zero-order valence-electron chi connectivity index (χ0n) is 26.8. The van der Waals surface area contributed by atoms with Crippen LogP contribution in [0, 0.1) is 5.41 Å². The van der Waals surface area contributed by atoms with Crippen molar-refractivity contribution < 1.29 is 19.1 Å². The zero-order valence-corrected chi connectivity index (χ0v) is 26.8. The highest BCUT2D eigenvalue weighted by molar-refractivity contribution is 5.91. The van der Waals surface area contributed by atoms with Crippen LogP contribution in [0.15, 0.2) is 64.6 Å². The van der Waals surface area contributed by atoms with E-state index in [0.29, 0.717) is 18.6 Å². The average Bonchev–Trinajstić information content (AvgIpc) is 2.97. The number of benzene rings is 1. The number of nitrogens with one attached hydrogen (secondary N) is 2. The Hall–Kier alpha value is -4.81. The Morgan fingerprint density at radius 2 is 1.51 bits per heavy atom. The number of nitrogens with two attached hydrogens (primary N) is 5. The van der Waals surface area contributed by atoms with Crippen LogP contribution in [0.1, 0.15) is 64.9 Å². The van der Waals surface area contributed by atoms with Crippen molar-refractivity contribution in [1.29, 1.82) is 0 Å². The lowest BCUT2D eigenvalue weighted by atomic mass is 9.84. The first-order valence-corrected chi connectivity index (χ1v) is 14.9. The molecule has 0 radical (unpaired) electrons. The van der Waals surface area contributed by atoms with E-state index < -0.39 is 29.8 Å². The monoisotopic (exact) mass is 625 g/mol. The molecule has 45 heavy (non-hydrogen) atoms. The van der Waals surface area contributed by atoms with E-state index in [-0.39, 0.29) is 49.9 Å². The number of guanidine groups is 2. The van der Waals surface area contributed by atoms with E-state index >= 15 is 0 Å². The maximum atomic E-state index is 13.1. The minimum Gasteiger partial charge on any atom is -0.484 e. The number of allylic oxidation sites excluding steroid dienone is 4. The molecular formula is C32H51N9O4. The Morgan fingerprint density at radius 1 is 0.933 bits per heavy atom. The number of hydrogen-bond acceptors (Lipinski definition) is 6. The molecular weight excluding hydrogens is 574 g/mol. The molecule has 0 unspecified atom stereocenters. The van der Waals surface area contributed by atoms with Crippen molar-refractivity contribution in [3.8, 4) is 5.75 Å². The van der Waals surface area contributed by atoms with Gasteiger partial charge in [-0.25, -0.2) is 0 Å². The van der Waals surface area contributed by atoms with Gasteiger partial charge >= 0.3 is 0 Å². The summed E-state index contributed by atoms with van der Waals surface area (Å²) in [4.78, 5) is 45.6. The van der Waals surface area contributed by atoms with E-state index in [4.69, 9.17) is 33.4 Å². The number of carbonyl (C=O) groups is 3. The Balaban J connectivity index is 2.81. The van der Waals surface area contributed by atoms with Crippen LogP contribution >= 0.6 is 0 Å². The lowest BCUT2D eigenvalue weighted by molar-refractivity contribution is -0.132. The Bertz CT molecular complexity index is 1230. The molecule has 0 aliphatic carbocycles. The van der Waals surface area contributed by atoms with Gasteiger partial charge in [-0.15, -0.1) is 6.58 Å². The van der Waals surface area contributed by atoms with Crippen LogP contribution in [0.2, 0.25) is 0 Å². The van der Waals surface area contributed by atoms with Gasteiger partial charge in [0, 0.05) is 18.5 Å². The zero-order chi connectivity index (χ0) is 33.8. The van der Waals surface area contributed by atoms with Gasteiger partial charge in [-0.05, 0) is 70.1 Å². The van der Waals surface area contributed by atoms with Gasteiger partial charge in [-0.3, -0.25) is 24.4 Å². The van der Waals surface area contributed by atoms with Crippen LogP contribution in [-0.2, 0) is 14.4 Å². The molecule has 0 heterocycles. The normalized spacial score (nSPS) is 13.4. The van der Waals surface area contributed by atoms with E-state index in [1.165, 1.54) is 5.57 Å². The molecule has 1 aromatic rings. The van der Waals surface area contributed by atoms with Gasteiger partial charge < -0.3 is 44.0 Å². The van der Waals surface area contributed by atoms with Gasteiger partial charge in [0.2, 0.25) is 11.8 Å². The summed E-state index contributed by atoms with van der Waals surface area (Å²) in [6.07, 6.45) is 11.5. The number of hydrogen-bond donors (Lipinski definition) is 7. The molecule has 13 nitrogen and oxygen atoms in total. The van der Waals surface area contributed by atoms with Crippen molar-refractivity contribution in [2.75, 3.05) is 19.7 Å². The van der Waals surface area contributed by atoms with E-state index in [1.807, 2.05) is 24.3 Å². The third-order valence-corrected chi connectivity index (χ3v) is 6.81. The average molecular weight is 626 g/mol. The third-order valence-electron chi connectivity index (χ3n) is 6.81. The van der Waals surface area contributed by atoms with Crippen molar-refractivity contribution in [3.63, 3.8) is 0 Å². The van der Waals surface area contributed by atoms with Gasteiger partial charge in [-0.1, -0.05) is 48.9 Å². The Labute approximate surface area is 266 Å². The summed E-state index contributed by atoms with van der Waals surface area (Å²) in [5.41, 5.74) is 29.0. The van der Waals surface area contributed by atoms with E-state index in [9.17, 15) is 14.4 Å². The third kappa shape index (κ3) is 17.2. The molecule has 0 fully saturated rings. The molecule has 248 valence electrons. The van der Waals surface area contributed by atoms with Crippen molar-refractivity contribution in [3.05, 3.63) is 60.2 Å². The van der Waals surface area contributed by atoms with Crippen LogP contribution in [0.4, 0.5) is 0 Å². The Morgan fingerprint density at radius 3 is 2.02 bits per heavy atom. The fourth-order valence-corrected chi connectivity index (χ4v) is 4.11. The van der Waals surface area contributed by atoms with Crippen molar-refractivity contribution in [2.45, 2.75) is 71.4 Å². The van der Waals surface area contributed by atoms with Crippen LogP contribution in [0.5, 0.6) is 5.75 Å². The summed E-state index contributed by atoms with van der Waals surface area (Å²) >= 11 is 0. The minimum absolute atomic E-state index is 0.0782. The number of carbonyl (C=O) groups excluding carboxylic acids is 3. The summed E-state index contributed by atoms with van der Waals surface area (Å²) in [7, 11) is 0. The predicted octanol–water partition coefficient (Wildman–Crippen LogP) is 1.58. The molecule has 0 spiro atoms. The molecule has 1 rings (SSSR count). The maximum Gasteiger partial charge on any atom is 0.258 e. The second kappa shape index (κ2) is 20.2. The number of ether oxygens (including phenoxy) is 1. The van der Waals surface area contributed by atoms with E-state index in [2.05, 4.69) is 60.1 Å². The highest BCUT2D eigenvalue weighted by Crippen LogP contribution is 2.28. The Kier molecular flexibility index (Phi) is 17.2. The van der Waals surface area contributed by atoms with Crippen LogP contribution in [-0.4, -0.2) is 61.4 Å². The van der Waals surface area contributed by atoms with Gasteiger partial charge in [0.1, 0.15) is 17.8 Å². The molecule has 0 aromatic heterocycles. The van der Waals surface area contributed by atoms with Gasteiger partial charge in [0.05, 0.1) is 0 Å². The highest BCUT2D eigenvalue weighted by atomic mass is 16.5. The SMILES string of the molecule is C=C[C@](C)(/C=C/c1ccc(OCC(=O)N[C@@H](CCCN=C(N)N)C(=O)N[C@@H](CCCN=C(N)N)C(N)=O)cc1)CCC=C(C)C. The first kappa shape index (κ1) is 38.2. The molecule has 0 saturated carbocycles. The predicted molar refractivity (Wildman–Crippen MR) is 181 cm³/mol. The lowest BCUT2D eigenvalue weighted by Crippen LogP contribution is -2.53. The van der Waals surface area contributed by atoms with Crippen molar-refractivity contribution in [1.82, 2.24) is 10.6 Å². The molecule has 3 atom stereocenters. The maximum absolute atomic E-state index is 13.1. The molecule has 0 aliphatic rings. The van der Waals surface area contributed by atoms with Crippen molar-refractivity contribution in [2.24, 2.45) is 44.1 Å². The molecule has 0 saturated heterocycles. The first-order valence-electron chi connectivity index (χ1n) is 14.9. The summed E-state index contributed by atoms with van der Waals surface area (Å²) in [5, 5.41) is 5.26. The number of primary amides is 1. The molecule has 0 bridgehead atoms. The lowest BCUT2D eigenvalue weighted by Gasteiger charge is -2.22. The first-order chi connectivity index (χ1) is 21.2. The summed E-state index contributed by atoms with van der Waals surface area (Å²) in [5.74, 6) is -1.51. The quantitative estimate of drug-likeness (QED) is 0.0457. The van der Waals surface area contributed by atoms with Crippen molar-refractivity contribution >= 4 is 35.7 Å². The number of amides is 3. The fourth-order valence-electron chi connectivity index (χ4n) is 4.11. The number of nitrogens with zero attached hydrogens (tertiary/aromatic N) is 2. The summed E-state index contributed by atoms with van der Waals surface area (Å²) in [6.45, 7) is 10.5. The van der Waals surface area contributed by atoms with Gasteiger partial charge in [0.15, 0.2) is 18.5 Å². The number of aliphatic imine (C=N–C) groups is 2. The summed E-state index contributed by atoms with van der Waals surface area (Å²) in [6, 6.07) is 5.34. The molecule has 12 N–H and O–H groups in total. The standard InChI is InChI=1S/C32H51N9O4/c1-5-32(4,17-6-9-22(2)3)18-16-23-12-14-24(15-13-23)45-21-27(42)40-26(11-8-20-39-31(36)37)29(44)41-25(28(33)43)10-7-19-38-30(34)35/h5,9,12-16,18,25-26H,1,6-8,10-11,17,19-21H2,2-4H3,(H2,33,43)(H,40,42)(H,41,44)(H4,34,35,38)(H4,36,37,39)/b18-16+/t25-,26-,32-/m0/s1. The molecule has 1 aromatic carbocycles. The van der Waals surface area contributed by atoms with Crippen LogP contribution < -0.4 is 44.0 Å². The number of rotatable bonds is 21. The molecule has 3 amide bonds. The topological polar surface area (TPSA) is 239 Å². The second-order valence-electron chi connectivity index (χ2n) is 11.2. The largest absolute Gasteiger partial charge is 0.484 e. The smallest absolute Gasteiger partial charge is 0.258 e. The van der Waals surface area contributed by atoms with E-state index in [1.54, 1.807) is 12.1 Å². The highest BCUT2D eigenvalue weighted by Gasteiger charge is 2.25. The van der Waals surface area contributed by atoms with E-state index in [0.717, 1.165) is 18.4 Å². The fraction of sp³-hybridized carbons (Fsp3) is 0.469. The van der Waals surface area contributed by atoms with Crippen LogP contribution in [0.25, 0.3) is 6.08 Å². The second-order valence-corrected chi connectivity index (χ2v) is 11.2. The molecule has 0 aliphatic heterocycles. The van der Waals surface area contributed by atoms with Gasteiger partial charge in [-0.2, -0.15) is 0 Å². The summed E-state index contributed by atoms with van der Waals surface area (Å²) < 4.78 is 5.65.